The second kappa shape index (κ2) is 10.2. The molecule has 4 rings (SSSR count). The first-order valence-corrected chi connectivity index (χ1v) is 11.3. The second-order valence-electron chi connectivity index (χ2n) is 7.13. The summed E-state index contributed by atoms with van der Waals surface area (Å²) >= 11 is 7.43. The number of benzene rings is 3. The van der Waals surface area contributed by atoms with Crippen LogP contribution in [0.3, 0.4) is 0 Å². The highest BCUT2D eigenvalue weighted by Crippen LogP contribution is 2.23. The first-order chi connectivity index (χ1) is 15.6. The maximum absolute atomic E-state index is 12.6. The summed E-state index contributed by atoms with van der Waals surface area (Å²) in [7, 11) is 0. The number of carbonyl (C=O) groups is 2. The summed E-state index contributed by atoms with van der Waals surface area (Å²) in [6, 6.07) is 23.8. The van der Waals surface area contributed by atoms with Crippen LogP contribution < -0.4 is 10.6 Å². The summed E-state index contributed by atoms with van der Waals surface area (Å²) in [6.07, 6.45) is 0.900. The van der Waals surface area contributed by atoms with Crippen LogP contribution in [0.25, 0.3) is 0 Å². The van der Waals surface area contributed by atoms with Gasteiger partial charge in [0.1, 0.15) is 0 Å². The number of nitrogens with zero attached hydrogens (tertiary/aromatic N) is 1. The molecule has 0 spiro atoms. The Morgan fingerprint density at radius 1 is 0.844 bits per heavy atom. The van der Waals surface area contributed by atoms with Crippen molar-refractivity contribution in [2.75, 3.05) is 10.6 Å². The molecule has 0 aliphatic carbocycles. The molecule has 0 atom stereocenters. The lowest BCUT2D eigenvalue weighted by Gasteiger charge is -2.12. The first kappa shape index (κ1) is 21.7. The van der Waals surface area contributed by atoms with E-state index >= 15 is 0 Å². The Labute approximate surface area is 195 Å². The topological polar surface area (TPSA) is 71.1 Å². The van der Waals surface area contributed by atoms with Crippen molar-refractivity contribution in [3.8, 4) is 0 Å². The number of nitrogens with one attached hydrogen (secondary N) is 2. The van der Waals surface area contributed by atoms with Crippen molar-refractivity contribution < 1.29 is 9.59 Å². The molecule has 4 aromatic rings. The van der Waals surface area contributed by atoms with Crippen LogP contribution in [0, 0.1) is 0 Å². The van der Waals surface area contributed by atoms with Gasteiger partial charge in [0.05, 0.1) is 28.5 Å². The van der Waals surface area contributed by atoms with Gasteiger partial charge in [0, 0.05) is 22.4 Å². The zero-order valence-electron chi connectivity index (χ0n) is 17.0. The average Bonchev–Trinajstić information content (AvgIpc) is 3.22. The van der Waals surface area contributed by atoms with Gasteiger partial charge in [0.2, 0.25) is 5.91 Å². The van der Waals surface area contributed by atoms with Crippen LogP contribution in [-0.4, -0.2) is 16.8 Å². The van der Waals surface area contributed by atoms with Crippen molar-refractivity contribution in [2.45, 2.75) is 12.8 Å². The molecular weight excluding hydrogens is 442 g/mol. The lowest BCUT2D eigenvalue weighted by molar-refractivity contribution is -0.115. The lowest BCUT2D eigenvalue weighted by atomic mass is 10.2. The van der Waals surface area contributed by atoms with E-state index in [9.17, 15) is 9.59 Å². The zero-order valence-corrected chi connectivity index (χ0v) is 18.6. The van der Waals surface area contributed by atoms with Crippen LogP contribution in [0.15, 0.2) is 84.2 Å². The smallest absolute Gasteiger partial charge is 0.255 e. The number of aromatic nitrogens is 1. The summed E-state index contributed by atoms with van der Waals surface area (Å²) in [4.78, 5) is 29.7. The molecule has 1 aromatic heterocycles. The van der Waals surface area contributed by atoms with Crippen molar-refractivity contribution in [1.29, 1.82) is 0 Å². The highest BCUT2D eigenvalue weighted by Gasteiger charge is 2.13. The molecule has 160 valence electrons. The monoisotopic (exact) mass is 461 g/mol. The molecule has 0 unspecified atom stereocenters. The number of hydrogen-bond acceptors (Lipinski definition) is 4. The fourth-order valence-corrected chi connectivity index (χ4v) is 4.09. The summed E-state index contributed by atoms with van der Waals surface area (Å²) in [5.74, 6) is -0.483. The van der Waals surface area contributed by atoms with Gasteiger partial charge in [-0.3, -0.25) is 9.59 Å². The summed E-state index contributed by atoms with van der Waals surface area (Å²) in [5.41, 5.74) is 3.43. The molecule has 0 saturated heterocycles. The SMILES string of the molecule is O=C(Cc1csc(Cc2ccccc2)n1)Nc1ccccc1NC(=O)c1ccc(Cl)cc1. The van der Waals surface area contributed by atoms with Gasteiger partial charge in [-0.05, 0) is 42.0 Å². The van der Waals surface area contributed by atoms with Crippen LogP contribution in [0.2, 0.25) is 5.02 Å². The predicted molar refractivity (Wildman–Crippen MR) is 130 cm³/mol. The van der Waals surface area contributed by atoms with Gasteiger partial charge in [0.25, 0.3) is 5.91 Å². The largest absolute Gasteiger partial charge is 0.324 e. The summed E-state index contributed by atoms with van der Waals surface area (Å²) in [6.45, 7) is 0. The van der Waals surface area contributed by atoms with Gasteiger partial charge < -0.3 is 10.6 Å². The van der Waals surface area contributed by atoms with Gasteiger partial charge in [-0.1, -0.05) is 54.1 Å². The number of thiazole rings is 1. The average molecular weight is 462 g/mol. The molecule has 32 heavy (non-hydrogen) atoms. The highest BCUT2D eigenvalue weighted by molar-refractivity contribution is 7.09. The molecule has 3 aromatic carbocycles. The Hall–Kier alpha value is -3.48. The molecule has 2 N–H and O–H groups in total. The minimum atomic E-state index is -0.284. The number of hydrogen-bond donors (Lipinski definition) is 2. The van der Waals surface area contributed by atoms with Crippen molar-refractivity contribution in [3.05, 3.63) is 111 Å². The molecule has 0 saturated carbocycles. The highest BCUT2D eigenvalue weighted by atomic mass is 35.5. The van der Waals surface area contributed by atoms with E-state index in [1.165, 1.54) is 5.56 Å². The molecule has 0 radical (unpaired) electrons. The van der Waals surface area contributed by atoms with E-state index in [1.807, 2.05) is 23.6 Å². The second-order valence-corrected chi connectivity index (χ2v) is 8.51. The van der Waals surface area contributed by atoms with Gasteiger partial charge >= 0.3 is 0 Å². The van der Waals surface area contributed by atoms with Crippen molar-refractivity contribution in [3.63, 3.8) is 0 Å². The van der Waals surface area contributed by atoms with E-state index in [4.69, 9.17) is 11.6 Å². The molecule has 0 fully saturated rings. The van der Waals surface area contributed by atoms with Crippen LogP contribution in [0.1, 0.15) is 26.6 Å². The molecular formula is C25H20ClN3O2S. The first-order valence-electron chi connectivity index (χ1n) is 10.00. The molecule has 0 aliphatic rings. The van der Waals surface area contributed by atoms with E-state index in [2.05, 4.69) is 27.8 Å². The van der Waals surface area contributed by atoms with Crippen LogP contribution in [0.4, 0.5) is 11.4 Å². The number of rotatable bonds is 7. The molecule has 2 amide bonds. The zero-order chi connectivity index (χ0) is 22.3. The van der Waals surface area contributed by atoms with E-state index in [1.54, 1.807) is 59.9 Å². The standard InChI is InChI=1S/C25H20ClN3O2S/c26-19-12-10-18(11-13-19)25(31)29-22-9-5-4-8-21(22)28-23(30)15-20-16-32-24(27-20)14-17-6-2-1-3-7-17/h1-13,16H,14-15H2,(H,28,30)(H,29,31). The molecule has 5 nitrogen and oxygen atoms in total. The Kier molecular flexibility index (Phi) is 6.94. The molecule has 1 heterocycles. The lowest BCUT2D eigenvalue weighted by Crippen LogP contribution is -2.18. The summed E-state index contributed by atoms with van der Waals surface area (Å²) < 4.78 is 0. The van der Waals surface area contributed by atoms with Gasteiger partial charge in [-0.15, -0.1) is 11.3 Å². The maximum Gasteiger partial charge on any atom is 0.255 e. The third kappa shape index (κ3) is 5.81. The third-order valence-electron chi connectivity index (χ3n) is 4.69. The van der Waals surface area contributed by atoms with Crippen molar-refractivity contribution in [1.82, 2.24) is 4.98 Å². The van der Waals surface area contributed by atoms with E-state index in [0.717, 1.165) is 17.1 Å². The fraction of sp³-hybridized carbons (Fsp3) is 0.0800. The predicted octanol–water partition coefficient (Wildman–Crippen LogP) is 5.82. The Morgan fingerprint density at radius 3 is 2.22 bits per heavy atom. The van der Waals surface area contributed by atoms with Crippen LogP contribution >= 0.6 is 22.9 Å². The van der Waals surface area contributed by atoms with Gasteiger partial charge in [-0.25, -0.2) is 4.98 Å². The number of amides is 2. The molecule has 0 bridgehead atoms. The maximum atomic E-state index is 12.6. The Morgan fingerprint density at radius 2 is 1.50 bits per heavy atom. The fourth-order valence-electron chi connectivity index (χ4n) is 3.14. The van der Waals surface area contributed by atoms with Crippen LogP contribution in [-0.2, 0) is 17.6 Å². The third-order valence-corrected chi connectivity index (χ3v) is 5.84. The molecule has 0 aliphatic heterocycles. The van der Waals surface area contributed by atoms with Crippen LogP contribution in [0.5, 0.6) is 0 Å². The van der Waals surface area contributed by atoms with Crippen molar-refractivity contribution >= 4 is 46.1 Å². The quantitative estimate of drug-likeness (QED) is 0.364. The minimum Gasteiger partial charge on any atom is -0.324 e. The van der Waals surface area contributed by atoms with Crippen molar-refractivity contribution in [2.24, 2.45) is 0 Å². The molecule has 7 heteroatoms. The van der Waals surface area contributed by atoms with E-state index < -0.39 is 0 Å². The minimum absolute atomic E-state index is 0.157. The Bertz CT molecular complexity index is 1220. The van der Waals surface area contributed by atoms with E-state index in [0.29, 0.717) is 22.0 Å². The van der Waals surface area contributed by atoms with Gasteiger partial charge in [-0.2, -0.15) is 0 Å². The number of halogens is 1. The summed E-state index contributed by atoms with van der Waals surface area (Å²) in [5, 5.41) is 9.14. The Balaban J connectivity index is 1.38. The number of para-hydroxylation sites is 2. The normalized spacial score (nSPS) is 10.5. The number of anilines is 2. The van der Waals surface area contributed by atoms with E-state index in [-0.39, 0.29) is 18.2 Å². The van der Waals surface area contributed by atoms with Gasteiger partial charge in [0.15, 0.2) is 0 Å². The number of carbonyl (C=O) groups excluding carboxylic acids is 2.